The molecule has 0 aliphatic carbocycles. The summed E-state index contributed by atoms with van der Waals surface area (Å²) in [5, 5.41) is 0. The average Bonchev–Trinajstić information content (AvgIpc) is 2.64. The number of hydrogen-bond acceptors (Lipinski definition) is 3. The molecule has 2 atom stereocenters. The standard InChI is InChI=1S/C23H48O3Si2/c1-10-13-14-15-16-17-18-19-20-24-27(8,11-2)26-28(9,12-3)25-23(21(4)5)22(6)7/h11-12,21-23H,2-3,10,13-20H2,1,4-9H3. The lowest BCUT2D eigenvalue weighted by molar-refractivity contribution is 0.0718. The predicted octanol–water partition coefficient (Wildman–Crippen LogP) is 7.45. The summed E-state index contributed by atoms with van der Waals surface area (Å²) >= 11 is 0. The van der Waals surface area contributed by atoms with Crippen LogP contribution in [0.25, 0.3) is 0 Å². The fourth-order valence-electron chi connectivity index (χ4n) is 3.47. The predicted molar refractivity (Wildman–Crippen MR) is 128 cm³/mol. The molecule has 0 aromatic rings. The van der Waals surface area contributed by atoms with Gasteiger partial charge in [-0.15, -0.1) is 13.2 Å². The average molecular weight is 429 g/mol. The lowest BCUT2D eigenvalue weighted by Crippen LogP contribution is -2.53. The first-order valence-corrected chi connectivity index (χ1v) is 16.2. The van der Waals surface area contributed by atoms with Crippen LogP contribution in [0.15, 0.2) is 24.6 Å². The Bertz CT molecular complexity index is 420. The molecule has 0 radical (unpaired) electrons. The molecule has 2 unspecified atom stereocenters. The van der Waals surface area contributed by atoms with Gasteiger partial charge in [-0.25, -0.2) is 0 Å². The first-order valence-electron chi connectivity index (χ1n) is 11.4. The minimum Gasteiger partial charge on any atom is -0.409 e. The molecule has 0 N–H and O–H groups in total. The van der Waals surface area contributed by atoms with Gasteiger partial charge < -0.3 is 13.0 Å². The molecule has 5 heteroatoms. The van der Waals surface area contributed by atoms with Crippen LogP contribution in [0.3, 0.4) is 0 Å². The van der Waals surface area contributed by atoms with Gasteiger partial charge in [0.25, 0.3) is 0 Å². The fourth-order valence-corrected chi connectivity index (χ4v) is 9.63. The van der Waals surface area contributed by atoms with Gasteiger partial charge in [-0.05, 0) is 31.4 Å². The van der Waals surface area contributed by atoms with E-state index in [-0.39, 0.29) is 6.10 Å². The largest absolute Gasteiger partial charge is 0.409 e. The minimum absolute atomic E-state index is 0.158. The highest BCUT2D eigenvalue weighted by Crippen LogP contribution is 2.26. The summed E-state index contributed by atoms with van der Waals surface area (Å²) in [5.41, 5.74) is 3.77. The van der Waals surface area contributed by atoms with E-state index in [1.165, 1.54) is 44.9 Å². The van der Waals surface area contributed by atoms with Crippen LogP contribution in [0.4, 0.5) is 0 Å². The van der Waals surface area contributed by atoms with Crippen LogP contribution >= 0.6 is 0 Å². The van der Waals surface area contributed by atoms with Gasteiger partial charge in [-0.2, -0.15) is 0 Å². The van der Waals surface area contributed by atoms with Crippen LogP contribution in [0, 0.1) is 11.8 Å². The lowest BCUT2D eigenvalue weighted by atomic mass is 9.97. The maximum Gasteiger partial charge on any atom is 0.352 e. The minimum atomic E-state index is -2.53. The van der Waals surface area contributed by atoms with Crippen molar-refractivity contribution in [2.45, 2.75) is 105 Å². The molecule has 0 rings (SSSR count). The van der Waals surface area contributed by atoms with Crippen molar-refractivity contribution in [3.63, 3.8) is 0 Å². The van der Waals surface area contributed by atoms with Crippen molar-refractivity contribution in [2.24, 2.45) is 11.8 Å². The highest BCUT2D eigenvalue weighted by atomic mass is 28.5. The summed E-state index contributed by atoms with van der Waals surface area (Å²) in [6.45, 7) is 24.0. The first-order chi connectivity index (χ1) is 13.1. The van der Waals surface area contributed by atoms with Crippen molar-refractivity contribution in [3.8, 4) is 0 Å². The molecule has 0 spiro atoms. The Balaban J connectivity index is 4.51. The second kappa shape index (κ2) is 14.7. The monoisotopic (exact) mass is 428 g/mol. The normalized spacial score (nSPS) is 16.4. The van der Waals surface area contributed by atoms with E-state index < -0.39 is 17.1 Å². The lowest BCUT2D eigenvalue weighted by Gasteiger charge is -2.38. The van der Waals surface area contributed by atoms with Gasteiger partial charge in [0.1, 0.15) is 0 Å². The highest BCUT2D eigenvalue weighted by molar-refractivity contribution is 6.84. The van der Waals surface area contributed by atoms with Crippen LogP contribution in [-0.4, -0.2) is 29.8 Å². The quantitative estimate of drug-likeness (QED) is 0.167. The van der Waals surface area contributed by atoms with Gasteiger partial charge in [0.2, 0.25) is 0 Å². The highest BCUT2D eigenvalue weighted by Gasteiger charge is 2.42. The summed E-state index contributed by atoms with van der Waals surface area (Å²) < 4.78 is 19.3. The van der Waals surface area contributed by atoms with Crippen molar-refractivity contribution in [1.82, 2.24) is 0 Å². The Kier molecular flexibility index (Phi) is 14.6. The van der Waals surface area contributed by atoms with Crippen LogP contribution < -0.4 is 0 Å². The van der Waals surface area contributed by atoms with Gasteiger partial charge in [-0.1, -0.05) is 91.0 Å². The van der Waals surface area contributed by atoms with E-state index in [2.05, 4.69) is 60.9 Å². The van der Waals surface area contributed by atoms with Crippen molar-refractivity contribution < 1.29 is 13.0 Å². The Morgan fingerprint density at radius 2 is 1.21 bits per heavy atom. The second-order valence-corrected chi connectivity index (χ2v) is 15.2. The Hall–Kier alpha value is -0.206. The second-order valence-electron chi connectivity index (χ2n) is 8.94. The molecule has 166 valence electrons. The first kappa shape index (κ1) is 27.8. The molecule has 0 amide bonds. The zero-order valence-corrected chi connectivity index (χ0v) is 21.9. The van der Waals surface area contributed by atoms with E-state index in [1.54, 1.807) is 0 Å². The SMILES string of the molecule is C=C[Si](C)(OCCCCCCCCCC)O[Si](C)(C=C)OC(C(C)C)C(C)C. The van der Waals surface area contributed by atoms with Gasteiger partial charge in [-0.3, -0.25) is 0 Å². The number of hydrogen-bond donors (Lipinski definition) is 0. The van der Waals surface area contributed by atoms with E-state index in [4.69, 9.17) is 13.0 Å². The third kappa shape index (κ3) is 11.7. The van der Waals surface area contributed by atoms with Crippen molar-refractivity contribution in [2.75, 3.05) is 6.61 Å². The summed E-state index contributed by atoms with van der Waals surface area (Å²) in [5.74, 6) is 0.871. The molecule has 0 aromatic carbocycles. The van der Waals surface area contributed by atoms with Gasteiger partial charge in [0.05, 0.1) is 6.10 Å². The molecule has 0 aliphatic rings. The maximum absolute atomic E-state index is 6.52. The third-order valence-corrected chi connectivity index (χ3v) is 11.5. The molecule has 0 aliphatic heterocycles. The summed E-state index contributed by atoms with van der Waals surface area (Å²) in [6.07, 6.45) is 10.5. The molecular weight excluding hydrogens is 380 g/mol. The van der Waals surface area contributed by atoms with Crippen LogP contribution in [-0.2, 0) is 13.0 Å². The van der Waals surface area contributed by atoms with Crippen molar-refractivity contribution in [3.05, 3.63) is 24.6 Å². The van der Waals surface area contributed by atoms with Crippen LogP contribution in [0.2, 0.25) is 13.1 Å². The van der Waals surface area contributed by atoms with E-state index in [0.29, 0.717) is 11.8 Å². The molecule has 0 aromatic heterocycles. The zero-order valence-electron chi connectivity index (χ0n) is 19.9. The summed E-state index contributed by atoms with van der Waals surface area (Å²) in [7, 11) is -5.01. The van der Waals surface area contributed by atoms with Crippen LogP contribution in [0.1, 0.15) is 86.0 Å². The maximum atomic E-state index is 6.52. The fraction of sp³-hybridized carbons (Fsp3) is 0.826. The van der Waals surface area contributed by atoms with Crippen molar-refractivity contribution in [1.29, 1.82) is 0 Å². The smallest absolute Gasteiger partial charge is 0.352 e. The van der Waals surface area contributed by atoms with Gasteiger partial charge in [0, 0.05) is 6.61 Å². The summed E-state index contributed by atoms with van der Waals surface area (Å²) in [4.78, 5) is 0. The number of unbranched alkanes of at least 4 members (excludes halogenated alkanes) is 7. The molecule has 0 bridgehead atoms. The molecule has 3 nitrogen and oxygen atoms in total. The summed E-state index contributed by atoms with van der Waals surface area (Å²) in [6, 6.07) is 0. The zero-order chi connectivity index (χ0) is 21.6. The van der Waals surface area contributed by atoms with Crippen molar-refractivity contribution >= 4 is 17.1 Å². The molecule has 0 saturated heterocycles. The molecule has 28 heavy (non-hydrogen) atoms. The van der Waals surface area contributed by atoms with E-state index >= 15 is 0 Å². The van der Waals surface area contributed by atoms with E-state index in [0.717, 1.165) is 13.0 Å². The Labute approximate surface area is 178 Å². The Morgan fingerprint density at radius 1 is 0.750 bits per heavy atom. The van der Waals surface area contributed by atoms with Crippen LogP contribution in [0.5, 0.6) is 0 Å². The molecule has 0 saturated carbocycles. The topological polar surface area (TPSA) is 27.7 Å². The number of rotatable bonds is 18. The van der Waals surface area contributed by atoms with E-state index in [1.807, 2.05) is 11.4 Å². The van der Waals surface area contributed by atoms with E-state index in [9.17, 15) is 0 Å². The molecule has 0 fully saturated rings. The van der Waals surface area contributed by atoms with Gasteiger partial charge >= 0.3 is 17.1 Å². The molecular formula is C23H48O3Si2. The third-order valence-electron chi connectivity index (χ3n) is 5.22. The Morgan fingerprint density at radius 3 is 1.64 bits per heavy atom. The van der Waals surface area contributed by atoms with Gasteiger partial charge in [0.15, 0.2) is 0 Å². The molecule has 0 heterocycles.